The lowest BCUT2D eigenvalue weighted by Crippen LogP contribution is -2.49. The van der Waals surface area contributed by atoms with Gasteiger partial charge in [0.1, 0.15) is 6.04 Å². The number of halogens is 2. The Morgan fingerprint density at radius 2 is 1.95 bits per heavy atom. The molecule has 0 fully saturated rings. The second kappa shape index (κ2) is 6.21. The van der Waals surface area contributed by atoms with Gasteiger partial charge in [-0.1, -0.05) is 20.8 Å². The number of aliphatic carboxylic acids is 1. The highest BCUT2D eigenvalue weighted by Crippen LogP contribution is 2.23. The summed E-state index contributed by atoms with van der Waals surface area (Å²) in [4.78, 5) is 23.4. The highest BCUT2D eigenvalue weighted by Gasteiger charge is 2.33. The minimum absolute atomic E-state index is 0.396. The average molecular weight is 440 g/mol. The Balaban J connectivity index is 3.01. The van der Waals surface area contributed by atoms with Crippen molar-refractivity contribution in [3.63, 3.8) is 0 Å². The number of benzene rings is 1. The third-order valence-corrected chi connectivity index (χ3v) is 3.92. The first-order chi connectivity index (χ1) is 8.62. The summed E-state index contributed by atoms with van der Waals surface area (Å²) >= 11 is 5.40. The van der Waals surface area contributed by atoms with Gasteiger partial charge in [0.25, 0.3) is 5.91 Å². The molecule has 19 heavy (non-hydrogen) atoms. The molecule has 0 heterocycles. The van der Waals surface area contributed by atoms with Crippen molar-refractivity contribution in [1.29, 1.82) is 0 Å². The van der Waals surface area contributed by atoms with Gasteiger partial charge in [-0.3, -0.25) is 4.79 Å². The van der Waals surface area contributed by atoms with Crippen LogP contribution in [0.15, 0.2) is 22.7 Å². The van der Waals surface area contributed by atoms with E-state index >= 15 is 0 Å². The molecule has 0 bridgehead atoms. The van der Waals surface area contributed by atoms with E-state index in [1.165, 1.54) is 0 Å². The van der Waals surface area contributed by atoms with Crippen LogP contribution in [0.5, 0.6) is 0 Å². The van der Waals surface area contributed by atoms with Crippen LogP contribution in [-0.4, -0.2) is 23.0 Å². The van der Waals surface area contributed by atoms with E-state index in [0.29, 0.717) is 10.0 Å². The lowest BCUT2D eigenvalue weighted by molar-refractivity contribution is -0.142. The van der Waals surface area contributed by atoms with E-state index in [9.17, 15) is 14.7 Å². The molecule has 0 saturated carbocycles. The maximum atomic E-state index is 12.2. The zero-order valence-electron chi connectivity index (χ0n) is 10.8. The van der Waals surface area contributed by atoms with Crippen molar-refractivity contribution in [1.82, 2.24) is 5.32 Å². The topological polar surface area (TPSA) is 66.4 Å². The van der Waals surface area contributed by atoms with Gasteiger partial charge in [-0.25, -0.2) is 4.79 Å². The van der Waals surface area contributed by atoms with Gasteiger partial charge in [0.05, 0.1) is 5.56 Å². The molecule has 1 aromatic carbocycles. The van der Waals surface area contributed by atoms with Gasteiger partial charge in [0, 0.05) is 8.04 Å². The van der Waals surface area contributed by atoms with Crippen LogP contribution in [-0.2, 0) is 4.79 Å². The molecular formula is C13H15BrINO3. The maximum Gasteiger partial charge on any atom is 0.326 e. The van der Waals surface area contributed by atoms with Crippen molar-refractivity contribution < 1.29 is 14.7 Å². The fourth-order valence-corrected chi connectivity index (χ4v) is 2.45. The summed E-state index contributed by atoms with van der Waals surface area (Å²) in [6.45, 7) is 5.32. The van der Waals surface area contributed by atoms with E-state index in [-0.39, 0.29) is 0 Å². The quantitative estimate of drug-likeness (QED) is 0.710. The Morgan fingerprint density at radius 1 is 1.37 bits per heavy atom. The lowest BCUT2D eigenvalue weighted by Gasteiger charge is -2.27. The standard InChI is InChI=1S/C13H15BrINO3/c1-13(2,3)10(12(18)19)16-11(17)8-6-7(15)4-5-9(8)14/h4-6,10H,1-3H3,(H,16,17)(H,18,19). The van der Waals surface area contributed by atoms with Crippen molar-refractivity contribution in [2.45, 2.75) is 26.8 Å². The number of amides is 1. The molecule has 1 unspecified atom stereocenters. The molecule has 1 aromatic rings. The van der Waals surface area contributed by atoms with E-state index < -0.39 is 23.3 Å². The molecule has 0 saturated heterocycles. The zero-order valence-corrected chi connectivity index (χ0v) is 14.6. The molecule has 1 rings (SSSR count). The second-order valence-corrected chi connectivity index (χ2v) is 7.33. The number of nitrogens with one attached hydrogen (secondary N) is 1. The maximum absolute atomic E-state index is 12.2. The van der Waals surface area contributed by atoms with Gasteiger partial charge in [0.2, 0.25) is 0 Å². The van der Waals surface area contributed by atoms with Crippen molar-refractivity contribution in [2.24, 2.45) is 5.41 Å². The van der Waals surface area contributed by atoms with E-state index in [1.807, 2.05) is 6.07 Å². The molecule has 0 spiro atoms. The fraction of sp³-hybridized carbons (Fsp3) is 0.385. The molecule has 0 aliphatic rings. The van der Waals surface area contributed by atoms with Crippen LogP contribution in [0.2, 0.25) is 0 Å². The molecular weight excluding hydrogens is 425 g/mol. The molecule has 0 aromatic heterocycles. The van der Waals surface area contributed by atoms with E-state index in [1.54, 1.807) is 32.9 Å². The summed E-state index contributed by atoms with van der Waals surface area (Å²) in [5.41, 5.74) is -0.127. The van der Waals surface area contributed by atoms with Crippen LogP contribution in [0.1, 0.15) is 31.1 Å². The Morgan fingerprint density at radius 3 is 2.42 bits per heavy atom. The number of carbonyl (C=O) groups excluding carboxylic acids is 1. The number of hydrogen-bond donors (Lipinski definition) is 2. The molecule has 1 amide bonds. The highest BCUT2D eigenvalue weighted by molar-refractivity contribution is 14.1. The minimum atomic E-state index is -1.04. The van der Waals surface area contributed by atoms with Crippen molar-refractivity contribution >= 4 is 50.4 Å². The molecule has 0 aliphatic carbocycles. The van der Waals surface area contributed by atoms with E-state index in [4.69, 9.17) is 0 Å². The summed E-state index contributed by atoms with van der Waals surface area (Å²) in [5, 5.41) is 11.8. The van der Waals surface area contributed by atoms with E-state index in [0.717, 1.165) is 3.57 Å². The second-order valence-electron chi connectivity index (χ2n) is 5.23. The lowest BCUT2D eigenvalue weighted by atomic mass is 9.86. The van der Waals surface area contributed by atoms with Gasteiger partial charge in [-0.2, -0.15) is 0 Å². The SMILES string of the molecule is CC(C)(C)C(NC(=O)c1cc(I)ccc1Br)C(=O)O. The Bertz CT molecular complexity index is 511. The van der Waals surface area contributed by atoms with Crippen molar-refractivity contribution in [3.8, 4) is 0 Å². The predicted octanol–water partition coefficient (Wildman–Crippen LogP) is 3.28. The molecule has 2 N–H and O–H groups in total. The first-order valence-electron chi connectivity index (χ1n) is 5.61. The number of rotatable bonds is 3. The van der Waals surface area contributed by atoms with Gasteiger partial charge in [0.15, 0.2) is 0 Å². The van der Waals surface area contributed by atoms with Crippen LogP contribution < -0.4 is 5.32 Å². The largest absolute Gasteiger partial charge is 0.480 e. The monoisotopic (exact) mass is 439 g/mol. The first kappa shape index (κ1) is 16.4. The Labute approximate surface area is 134 Å². The summed E-state index contributed by atoms with van der Waals surface area (Å²) in [5.74, 6) is -1.43. The summed E-state index contributed by atoms with van der Waals surface area (Å²) in [6, 6.07) is 4.40. The summed E-state index contributed by atoms with van der Waals surface area (Å²) in [6.07, 6.45) is 0. The van der Waals surface area contributed by atoms with Crippen LogP contribution >= 0.6 is 38.5 Å². The number of carbonyl (C=O) groups is 2. The Kier molecular flexibility index (Phi) is 5.37. The molecule has 0 radical (unpaired) electrons. The molecule has 4 nitrogen and oxygen atoms in total. The normalized spacial score (nSPS) is 12.9. The van der Waals surface area contributed by atoms with Crippen LogP contribution in [0.3, 0.4) is 0 Å². The van der Waals surface area contributed by atoms with Crippen LogP contribution in [0.4, 0.5) is 0 Å². The van der Waals surface area contributed by atoms with Gasteiger partial charge in [-0.05, 0) is 62.1 Å². The van der Waals surface area contributed by atoms with Crippen LogP contribution in [0, 0.1) is 8.99 Å². The third-order valence-electron chi connectivity index (χ3n) is 2.56. The number of carboxylic acids is 1. The minimum Gasteiger partial charge on any atom is -0.480 e. The first-order valence-corrected chi connectivity index (χ1v) is 7.49. The fourth-order valence-electron chi connectivity index (χ4n) is 1.53. The summed E-state index contributed by atoms with van der Waals surface area (Å²) < 4.78 is 1.55. The number of hydrogen-bond acceptors (Lipinski definition) is 2. The van der Waals surface area contributed by atoms with Gasteiger partial charge >= 0.3 is 5.97 Å². The Hall–Kier alpha value is -0.630. The van der Waals surface area contributed by atoms with Gasteiger partial charge in [-0.15, -0.1) is 0 Å². The molecule has 104 valence electrons. The molecule has 0 aliphatic heterocycles. The average Bonchev–Trinajstić information content (AvgIpc) is 2.26. The zero-order chi connectivity index (χ0) is 14.8. The van der Waals surface area contributed by atoms with Crippen molar-refractivity contribution in [3.05, 3.63) is 31.8 Å². The summed E-state index contributed by atoms with van der Waals surface area (Å²) in [7, 11) is 0. The van der Waals surface area contributed by atoms with E-state index in [2.05, 4.69) is 43.8 Å². The molecule has 6 heteroatoms. The smallest absolute Gasteiger partial charge is 0.326 e. The third kappa shape index (κ3) is 4.45. The predicted molar refractivity (Wildman–Crippen MR) is 85.2 cm³/mol. The highest BCUT2D eigenvalue weighted by atomic mass is 127. The number of carboxylic acid groups (broad SMARTS) is 1. The molecule has 1 atom stereocenters. The van der Waals surface area contributed by atoms with Crippen molar-refractivity contribution in [2.75, 3.05) is 0 Å². The van der Waals surface area contributed by atoms with Crippen LogP contribution in [0.25, 0.3) is 0 Å². The van der Waals surface area contributed by atoms with Gasteiger partial charge < -0.3 is 10.4 Å².